The molecule has 2 heterocycles. The third-order valence-electron chi connectivity index (χ3n) is 4.11. The van der Waals surface area contributed by atoms with Crippen molar-refractivity contribution in [3.8, 4) is 0 Å². The summed E-state index contributed by atoms with van der Waals surface area (Å²) in [4.78, 5) is 7.16. The van der Waals surface area contributed by atoms with Crippen LogP contribution in [0.1, 0.15) is 46.5 Å². The first-order valence-corrected chi connectivity index (χ1v) is 8.62. The van der Waals surface area contributed by atoms with Crippen molar-refractivity contribution in [3.63, 3.8) is 0 Å². The molecule has 1 aliphatic heterocycles. The fraction of sp³-hybridized carbons (Fsp3) is 0.611. The highest BCUT2D eigenvalue weighted by atomic mass is 15.2. The zero-order chi connectivity index (χ0) is 15.8. The molecule has 1 saturated heterocycles. The molecule has 122 valence electrons. The standard InChI is InChI=1S/C18H30N4/c1-4-6-8-15(3)20-17-9-7-10-18(21-17)22-13-11-16(12-14-22)19-5-2/h7-10,16,19H,4-6,11-14H2,1-3H3,(H,20,21)/b15-8+. The average molecular weight is 302 g/mol. The molecule has 1 fully saturated rings. The van der Waals surface area contributed by atoms with Crippen molar-refractivity contribution in [1.29, 1.82) is 0 Å². The first kappa shape index (κ1) is 16.8. The summed E-state index contributed by atoms with van der Waals surface area (Å²) in [6.07, 6.45) is 6.91. The number of nitrogens with zero attached hydrogens (tertiary/aromatic N) is 2. The van der Waals surface area contributed by atoms with E-state index in [0.29, 0.717) is 6.04 Å². The molecular weight excluding hydrogens is 272 g/mol. The third-order valence-corrected chi connectivity index (χ3v) is 4.11. The zero-order valence-electron chi connectivity index (χ0n) is 14.2. The summed E-state index contributed by atoms with van der Waals surface area (Å²) >= 11 is 0. The van der Waals surface area contributed by atoms with E-state index in [9.17, 15) is 0 Å². The summed E-state index contributed by atoms with van der Waals surface area (Å²) in [5, 5.41) is 6.94. The van der Waals surface area contributed by atoms with Crippen molar-refractivity contribution in [1.82, 2.24) is 10.3 Å². The summed E-state index contributed by atoms with van der Waals surface area (Å²) < 4.78 is 0. The quantitative estimate of drug-likeness (QED) is 0.804. The van der Waals surface area contributed by atoms with Gasteiger partial charge in [0.2, 0.25) is 0 Å². The maximum absolute atomic E-state index is 4.77. The molecule has 0 amide bonds. The number of allylic oxidation sites excluding steroid dienone is 2. The number of hydrogen-bond acceptors (Lipinski definition) is 4. The Labute approximate surface area is 135 Å². The first-order valence-electron chi connectivity index (χ1n) is 8.62. The summed E-state index contributed by atoms with van der Waals surface area (Å²) in [7, 11) is 0. The Bertz CT molecular complexity index is 476. The van der Waals surface area contributed by atoms with Crippen LogP contribution in [0, 0.1) is 0 Å². The van der Waals surface area contributed by atoms with E-state index in [1.165, 1.54) is 25.0 Å². The lowest BCUT2D eigenvalue weighted by atomic mass is 10.1. The molecule has 0 bridgehead atoms. The van der Waals surface area contributed by atoms with Gasteiger partial charge in [0.15, 0.2) is 0 Å². The van der Waals surface area contributed by atoms with Crippen LogP contribution < -0.4 is 15.5 Å². The lowest BCUT2D eigenvalue weighted by Gasteiger charge is -2.33. The molecule has 4 heteroatoms. The van der Waals surface area contributed by atoms with Gasteiger partial charge in [0, 0.05) is 24.8 Å². The molecule has 22 heavy (non-hydrogen) atoms. The van der Waals surface area contributed by atoms with Crippen molar-refractivity contribution in [2.45, 2.75) is 52.5 Å². The second kappa shape index (κ2) is 8.79. The number of hydrogen-bond donors (Lipinski definition) is 2. The molecule has 0 spiro atoms. The van der Waals surface area contributed by atoms with Crippen LogP contribution in [0.3, 0.4) is 0 Å². The Balaban J connectivity index is 1.94. The van der Waals surface area contributed by atoms with Gasteiger partial charge in [-0.1, -0.05) is 32.4 Å². The molecule has 1 aromatic heterocycles. The summed E-state index contributed by atoms with van der Waals surface area (Å²) in [5.74, 6) is 2.03. The molecule has 0 aliphatic carbocycles. The fourth-order valence-electron chi connectivity index (χ4n) is 2.88. The fourth-order valence-corrected chi connectivity index (χ4v) is 2.88. The summed E-state index contributed by atoms with van der Waals surface area (Å²) in [6.45, 7) is 9.70. The number of pyridine rings is 1. The van der Waals surface area contributed by atoms with Crippen molar-refractivity contribution in [2.24, 2.45) is 0 Å². The normalized spacial score (nSPS) is 16.9. The third kappa shape index (κ3) is 5.02. The average Bonchev–Trinajstić information content (AvgIpc) is 2.54. The van der Waals surface area contributed by atoms with Crippen molar-refractivity contribution in [3.05, 3.63) is 30.0 Å². The first-order chi connectivity index (χ1) is 10.7. The molecule has 0 atom stereocenters. The highest BCUT2D eigenvalue weighted by molar-refractivity contribution is 5.49. The van der Waals surface area contributed by atoms with Gasteiger partial charge in [0.05, 0.1) is 0 Å². The van der Waals surface area contributed by atoms with Gasteiger partial charge in [0.25, 0.3) is 0 Å². The van der Waals surface area contributed by atoms with Gasteiger partial charge < -0.3 is 15.5 Å². The smallest absolute Gasteiger partial charge is 0.132 e. The lowest BCUT2D eigenvalue weighted by Crippen LogP contribution is -2.42. The highest BCUT2D eigenvalue weighted by Crippen LogP contribution is 2.20. The SMILES string of the molecule is CCC/C=C(\C)Nc1cccc(N2CCC(NCC)CC2)n1. The van der Waals surface area contributed by atoms with E-state index in [2.05, 4.69) is 54.5 Å². The van der Waals surface area contributed by atoms with Gasteiger partial charge in [-0.2, -0.15) is 0 Å². The molecule has 0 aromatic carbocycles. The predicted molar refractivity (Wildman–Crippen MR) is 95.4 cm³/mol. The Hall–Kier alpha value is -1.55. The lowest BCUT2D eigenvalue weighted by molar-refractivity contribution is 0.422. The number of piperidine rings is 1. The molecule has 0 unspecified atom stereocenters. The van der Waals surface area contributed by atoms with Crippen LogP contribution >= 0.6 is 0 Å². The van der Waals surface area contributed by atoms with Gasteiger partial charge in [-0.25, -0.2) is 4.98 Å². The Kier molecular flexibility index (Phi) is 6.72. The van der Waals surface area contributed by atoms with Gasteiger partial charge in [-0.05, 0) is 44.9 Å². The molecule has 1 aliphatic rings. The van der Waals surface area contributed by atoms with Gasteiger partial charge in [0.1, 0.15) is 11.6 Å². The van der Waals surface area contributed by atoms with Crippen LogP contribution in [-0.2, 0) is 0 Å². The Morgan fingerprint density at radius 3 is 2.77 bits per heavy atom. The Morgan fingerprint density at radius 2 is 2.09 bits per heavy atom. The number of rotatable bonds is 7. The minimum atomic E-state index is 0.668. The van der Waals surface area contributed by atoms with Crippen LogP contribution in [0.25, 0.3) is 0 Å². The molecular formula is C18H30N4. The minimum Gasteiger partial charge on any atom is -0.356 e. The van der Waals surface area contributed by atoms with Crippen LogP contribution in [-0.4, -0.2) is 30.7 Å². The van der Waals surface area contributed by atoms with Crippen LogP contribution in [0.5, 0.6) is 0 Å². The molecule has 4 nitrogen and oxygen atoms in total. The molecule has 2 rings (SSSR count). The number of unbranched alkanes of at least 4 members (excludes halogenated alkanes) is 1. The van der Waals surface area contributed by atoms with E-state index in [0.717, 1.165) is 37.7 Å². The van der Waals surface area contributed by atoms with Crippen LogP contribution in [0.4, 0.5) is 11.6 Å². The largest absolute Gasteiger partial charge is 0.356 e. The molecule has 0 saturated carbocycles. The zero-order valence-corrected chi connectivity index (χ0v) is 14.2. The second-order valence-electron chi connectivity index (χ2n) is 6.00. The van der Waals surface area contributed by atoms with E-state index in [-0.39, 0.29) is 0 Å². The van der Waals surface area contributed by atoms with Crippen LogP contribution in [0.2, 0.25) is 0 Å². The van der Waals surface area contributed by atoms with Crippen molar-refractivity contribution >= 4 is 11.6 Å². The minimum absolute atomic E-state index is 0.668. The van der Waals surface area contributed by atoms with Crippen molar-refractivity contribution < 1.29 is 0 Å². The van der Waals surface area contributed by atoms with Crippen LogP contribution in [0.15, 0.2) is 30.0 Å². The van der Waals surface area contributed by atoms with E-state index >= 15 is 0 Å². The predicted octanol–water partition coefficient (Wildman–Crippen LogP) is 3.78. The van der Waals surface area contributed by atoms with E-state index < -0.39 is 0 Å². The summed E-state index contributed by atoms with van der Waals surface area (Å²) in [5.41, 5.74) is 1.18. The number of anilines is 2. The molecule has 0 radical (unpaired) electrons. The molecule has 1 aromatic rings. The summed E-state index contributed by atoms with van der Waals surface area (Å²) in [6, 6.07) is 6.91. The topological polar surface area (TPSA) is 40.2 Å². The van der Waals surface area contributed by atoms with E-state index in [1.54, 1.807) is 0 Å². The monoisotopic (exact) mass is 302 g/mol. The number of aromatic nitrogens is 1. The second-order valence-corrected chi connectivity index (χ2v) is 6.00. The maximum Gasteiger partial charge on any atom is 0.132 e. The van der Waals surface area contributed by atoms with Gasteiger partial charge in [-0.15, -0.1) is 0 Å². The Morgan fingerprint density at radius 1 is 1.32 bits per heavy atom. The van der Waals surface area contributed by atoms with E-state index in [4.69, 9.17) is 4.98 Å². The number of nitrogens with one attached hydrogen (secondary N) is 2. The van der Waals surface area contributed by atoms with Gasteiger partial charge in [-0.3, -0.25) is 0 Å². The highest BCUT2D eigenvalue weighted by Gasteiger charge is 2.19. The van der Waals surface area contributed by atoms with Crippen molar-refractivity contribution in [2.75, 3.05) is 29.9 Å². The van der Waals surface area contributed by atoms with E-state index in [1.807, 2.05) is 6.07 Å². The molecule has 2 N–H and O–H groups in total. The van der Waals surface area contributed by atoms with Gasteiger partial charge >= 0.3 is 0 Å². The maximum atomic E-state index is 4.77.